The fourth-order valence-corrected chi connectivity index (χ4v) is 5.53. The molecular weight excluding hydrogens is 774 g/mol. The third-order valence-electron chi connectivity index (χ3n) is 5.32. The van der Waals surface area contributed by atoms with Crippen LogP contribution in [0, 0.1) is 0 Å². The molecule has 0 heterocycles. The highest BCUT2D eigenvalue weighted by Gasteiger charge is 2.53. The van der Waals surface area contributed by atoms with Crippen LogP contribution in [0.25, 0.3) is 0 Å². The first kappa shape index (κ1) is 46.9. The van der Waals surface area contributed by atoms with E-state index in [2.05, 4.69) is 27.1 Å². The van der Waals surface area contributed by atoms with E-state index in [1.54, 1.807) is 0 Å². The quantitative estimate of drug-likeness (QED) is 0.0447. The molecule has 0 amide bonds. The molecule has 52 heavy (non-hydrogen) atoms. The number of carbonyl (C=O) groups excluding carboxylic acids is 4. The Morgan fingerprint density at radius 2 is 0.788 bits per heavy atom. The van der Waals surface area contributed by atoms with Gasteiger partial charge in [0.1, 0.15) is 12.2 Å². The number of hydrogen-bond acceptors (Lipinski definition) is 22. The smallest absolute Gasteiger partial charge is 0.481 e. The Morgan fingerprint density at radius 3 is 0.981 bits per heavy atom. The Hall–Kier alpha value is -5.08. The van der Waals surface area contributed by atoms with E-state index in [0.717, 1.165) is 0 Å². The second kappa shape index (κ2) is 18.4. The molecule has 8 unspecified atom stereocenters. The van der Waals surface area contributed by atoms with Crippen molar-refractivity contribution >= 4 is 75.3 Å². The Bertz CT molecular complexity index is 1450. The van der Waals surface area contributed by atoms with Crippen molar-refractivity contribution in [3.05, 3.63) is 0 Å². The first-order valence-corrected chi connectivity index (χ1v) is 16.0. The van der Waals surface area contributed by atoms with Crippen LogP contribution in [-0.4, -0.2) is 146 Å². The summed E-state index contributed by atoms with van der Waals surface area (Å²) in [6.07, 6.45) is -19.6. The third kappa shape index (κ3) is 14.6. The lowest BCUT2D eigenvalue weighted by Crippen LogP contribution is -2.45. The maximum atomic E-state index is 13.3. The second-order valence-corrected chi connectivity index (χ2v) is 12.8. The van der Waals surface area contributed by atoms with Crippen molar-refractivity contribution in [3.8, 4) is 0 Å². The Kier molecular flexibility index (Phi) is 16.6. The van der Waals surface area contributed by atoms with Crippen molar-refractivity contribution in [1.29, 1.82) is 0 Å². The van der Waals surface area contributed by atoms with Crippen LogP contribution in [0.1, 0.15) is 39.5 Å². The fraction of sp³-hybridized carbons (Fsp3) is 0.545. The van der Waals surface area contributed by atoms with Crippen molar-refractivity contribution in [3.63, 3.8) is 0 Å². The summed E-state index contributed by atoms with van der Waals surface area (Å²) in [6.45, 7) is 1.15. The van der Waals surface area contributed by atoms with Gasteiger partial charge in [-0.15, -0.1) is 0 Å². The lowest BCUT2D eigenvalue weighted by atomic mass is 9.96. The van der Waals surface area contributed by atoms with Crippen molar-refractivity contribution < 1.29 is 135 Å². The zero-order chi connectivity index (χ0) is 41.2. The zero-order valence-corrected chi connectivity index (χ0v) is 27.6. The van der Waals surface area contributed by atoms with Gasteiger partial charge >= 0.3 is 75.3 Å². The maximum Gasteiger partial charge on any atom is 0.593 e. The number of carboxylic acids is 6. The molecule has 0 saturated heterocycles. The second-order valence-electron chi connectivity index (χ2n) is 9.89. The normalized spacial score (nSPS) is 18.0. The van der Waals surface area contributed by atoms with E-state index >= 15 is 0 Å². The summed E-state index contributed by atoms with van der Waals surface area (Å²) >= 11 is 0. The number of phosphoric acid groups is 2. The maximum absolute atomic E-state index is 13.3. The van der Waals surface area contributed by atoms with Gasteiger partial charge < -0.3 is 69.2 Å². The molecule has 0 saturated carbocycles. The van der Waals surface area contributed by atoms with Gasteiger partial charge in [0.15, 0.2) is 11.2 Å². The van der Waals surface area contributed by atoms with Gasteiger partial charge in [0.25, 0.3) is 0 Å². The topological polar surface area (TPSA) is 463 Å². The van der Waals surface area contributed by atoms with Gasteiger partial charge in [-0.25, -0.2) is 46.9 Å². The van der Waals surface area contributed by atoms with Crippen LogP contribution in [0.15, 0.2) is 0 Å². The third-order valence-corrected chi connectivity index (χ3v) is 7.95. The van der Waals surface area contributed by atoms with E-state index in [1.165, 1.54) is 0 Å². The van der Waals surface area contributed by atoms with Crippen LogP contribution in [0.2, 0.25) is 0 Å². The fourth-order valence-electron chi connectivity index (χ4n) is 2.95. The number of carboxylic acid groups (broad SMARTS) is 6. The van der Waals surface area contributed by atoms with Crippen LogP contribution in [-0.2, 0) is 84.2 Å². The largest absolute Gasteiger partial charge is 0.593 e. The summed E-state index contributed by atoms with van der Waals surface area (Å²) in [5, 5.41) is 94.0. The minimum atomic E-state index is -6.46. The van der Waals surface area contributed by atoms with Gasteiger partial charge in [-0.3, -0.25) is 19.2 Å². The van der Waals surface area contributed by atoms with Crippen LogP contribution in [0.5, 0.6) is 0 Å². The molecule has 0 aliphatic rings. The van der Waals surface area contributed by atoms with Crippen LogP contribution in [0.3, 0.4) is 0 Å². The van der Waals surface area contributed by atoms with Crippen LogP contribution < -0.4 is 0 Å². The van der Waals surface area contributed by atoms with Gasteiger partial charge in [0.2, 0.25) is 12.2 Å². The lowest BCUT2D eigenvalue weighted by molar-refractivity contribution is -0.173. The molecule has 0 fully saturated rings. The number of aliphatic carboxylic acids is 6. The average Bonchev–Trinajstić information content (AvgIpc) is 2.92. The molecule has 28 nitrogen and oxygen atoms in total. The first-order chi connectivity index (χ1) is 23.4. The molecular formula is C22H28O28P2. The predicted molar refractivity (Wildman–Crippen MR) is 147 cm³/mol. The van der Waals surface area contributed by atoms with Crippen molar-refractivity contribution in [2.45, 2.75) is 75.1 Å². The number of rotatable bonds is 23. The number of carbonyl (C=O) groups is 10. The van der Waals surface area contributed by atoms with E-state index in [-0.39, 0.29) is 0 Å². The molecule has 0 spiro atoms. The first-order valence-electron chi connectivity index (χ1n) is 13.1. The number of aliphatic hydroxyl groups is 4. The summed E-state index contributed by atoms with van der Waals surface area (Å²) in [5.41, 5.74) is -7.16. The SMILES string of the molecule is CC(O)C(=O)OP(=O)(OC(=O)CC(O)(CC(=O)O)C(=O)O)OC(C(=O)O)C(OP(=O)(OC(=O)CC(O)(CC(=O)O)C(=O)O)OC(=O)C(C)O)C(=O)O. The van der Waals surface area contributed by atoms with Gasteiger partial charge in [-0.2, -0.15) is 0 Å². The van der Waals surface area contributed by atoms with E-state index in [0.29, 0.717) is 13.8 Å². The monoisotopic (exact) mass is 802 g/mol. The zero-order valence-electron chi connectivity index (χ0n) is 25.9. The van der Waals surface area contributed by atoms with Crippen molar-refractivity contribution in [1.82, 2.24) is 0 Å². The summed E-state index contributed by atoms with van der Waals surface area (Å²) in [4.78, 5) is 118. The summed E-state index contributed by atoms with van der Waals surface area (Å²) in [5.74, 6) is -23.4. The van der Waals surface area contributed by atoms with E-state index in [1.807, 2.05) is 0 Å². The van der Waals surface area contributed by atoms with Gasteiger partial charge in [-0.1, -0.05) is 0 Å². The Morgan fingerprint density at radius 1 is 0.519 bits per heavy atom. The molecule has 0 radical (unpaired) electrons. The highest BCUT2D eigenvalue weighted by molar-refractivity contribution is 7.50. The lowest BCUT2D eigenvalue weighted by Gasteiger charge is -2.27. The molecule has 0 aromatic heterocycles. The molecule has 10 N–H and O–H groups in total. The summed E-state index contributed by atoms with van der Waals surface area (Å²) < 4.78 is 51.6. The molecule has 0 aromatic rings. The standard InChI is InChI=1S/C22H28O28P2/c1-7(23)17(35)49-51(43,45-11(29)5-21(41,19(37)38)3-9(25)26)47-13(15(31)32)14(16(33)34)48-52(44,50-18(36)8(2)24)46-12(30)6-22(42,20(39)40)4-10(27)28/h7-8,13-14,23-24,41-42H,3-6H2,1-2H3,(H,25,26)(H,27,28)(H,31,32)(H,33,34)(H,37,38)(H,39,40). The minimum absolute atomic E-state index is 0.575. The molecule has 30 heteroatoms. The number of hydrogen-bond donors (Lipinski definition) is 10. The highest BCUT2D eigenvalue weighted by Crippen LogP contribution is 2.55. The Labute approximate surface area is 286 Å². The molecule has 294 valence electrons. The van der Waals surface area contributed by atoms with Gasteiger partial charge in [0, 0.05) is 0 Å². The van der Waals surface area contributed by atoms with E-state index < -0.39 is 137 Å². The molecule has 8 atom stereocenters. The van der Waals surface area contributed by atoms with Gasteiger partial charge in [-0.05, 0) is 13.8 Å². The highest BCUT2D eigenvalue weighted by atomic mass is 31.2. The molecule has 0 aliphatic carbocycles. The number of aliphatic hydroxyl groups excluding tert-OH is 2. The van der Waals surface area contributed by atoms with Crippen molar-refractivity contribution in [2.75, 3.05) is 0 Å². The van der Waals surface area contributed by atoms with Gasteiger partial charge in [0.05, 0.1) is 25.7 Å². The van der Waals surface area contributed by atoms with Crippen LogP contribution in [0.4, 0.5) is 0 Å². The molecule has 0 aliphatic heterocycles. The van der Waals surface area contributed by atoms with E-state index in [9.17, 15) is 87.7 Å². The molecule has 0 aromatic carbocycles. The van der Waals surface area contributed by atoms with E-state index in [4.69, 9.17) is 20.4 Å². The van der Waals surface area contributed by atoms with Crippen molar-refractivity contribution in [2.24, 2.45) is 0 Å². The number of phosphoric ester groups is 2. The predicted octanol–water partition coefficient (Wildman–Crippen LogP) is -3.56. The summed E-state index contributed by atoms with van der Waals surface area (Å²) in [7, 11) is -12.9. The van der Waals surface area contributed by atoms with Crippen LogP contribution >= 0.6 is 15.6 Å². The average molecular weight is 802 g/mol. The minimum Gasteiger partial charge on any atom is -0.481 e. The Balaban J connectivity index is 7.03. The molecule has 0 rings (SSSR count). The molecule has 0 bridgehead atoms. The summed E-state index contributed by atoms with van der Waals surface area (Å²) in [6, 6.07) is 0.